The molecule has 0 N–H and O–H groups in total. The topological polar surface area (TPSA) is 24.7 Å². The lowest BCUT2D eigenvalue weighted by Crippen LogP contribution is -2.09. The van der Waals surface area contributed by atoms with E-state index in [4.69, 9.17) is 21.6 Å². The summed E-state index contributed by atoms with van der Waals surface area (Å²) in [6, 6.07) is 5.68. The Morgan fingerprint density at radius 3 is 2.35 bits per heavy atom. The summed E-state index contributed by atoms with van der Waals surface area (Å²) in [4.78, 5) is 9.49. The minimum absolute atomic E-state index is 0.700. The lowest BCUT2D eigenvalue weighted by molar-refractivity contribution is 1.12. The largest absolute Gasteiger partial charge is 0.251 e. The highest BCUT2D eigenvalue weighted by Crippen LogP contribution is 2.41. The van der Waals surface area contributed by atoms with Gasteiger partial charge in [0.05, 0.1) is 15.6 Å². The van der Waals surface area contributed by atoms with E-state index in [-0.39, 0.29) is 0 Å². The Bertz CT molecular complexity index is 639. The molecule has 1 saturated heterocycles. The molecule has 20 heavy (non-hydrogen) atoms. The average molecular weight is 323 g/mol. The standard InChI is InChI=1S/C15H15ClN2S2/c1-9-14(15-19-6-3-7-20-15)10(2)18-13-8-11(16)4-5-12(13)17-9/h4-5,8H,3,6-7H2,1-2H3. The Kier molecular flexibility index (Phi) is 4.24. The van der Waals surface area contributed by atoms with Crippen LogP contribution in [-0.2, 0) is 0 Å². The van der Waals surface area contributed by atoms with Crippen LogP contribution in [-0.4, -0.2) is 22.9 Å². The maximum Gasteiger partial charge on any atom is 0.0904 e. The molecule has 1 fully saturated rings. The molecular weight excluding hydrogens is 308 g/mol. The summed E-state index contributed by atoms with van der Waals surface area (Å²) in [6.07, 6.45) is 1.27. The van der Waals surface area contributed by atoms with Crippen LogP contribution in [0.4, 0.5) is 11.4 Å². The molecule has 2 aliphatic rings. The van der Waals surface area contributed by atoms with Crippen LogP contribution in [0.2, 0.25) is 5.02 Å². The van der Waals surface area contributed by atoms with Gasteiger partial charge in [-0.3, -0.25) is 9.98 Å². The highest BCUT2D eigenvalue weighted by molar-refractivity contribution is 8.22. The molecule has 0 aliphatic carbocycles. The zero-order valence-electron chi connectivity index (χ0n) is 11.4. The first-order chi connectivity index (χ1) is 9.65. The SMILES string of the molecule is CC1=Nc2ccc(Cl)cc2N=C(C)C1=C1SCCCS1. The summed E-state index contributed by atoms with van der Waals surface area (Å²) in [5.41, 5.74) is 5.03. The number of nitrogens with zero attached hydrogens (tertiary/aromatic N) is 2. The average Bonchev–Trinajstić information content (AvgIpc) is 2.54. The molecule has 1 aromatic carbocycles. The molecule has 104 valence electrons. The molecule has 3 rings (SSSR count). The van der Waals surface area contributed by atoms with E-state index in [0.717, 1.165) is 22.8 Å². The van der Waals surface area contributed by atoms with Gasteiger partial charge in [-0.1, -0.05) is 11.6 Å². The number of hydrogen-bond acceptors (Lipinski definition) is 4. The monoisotopic (exact) mass is 322 g/mol. The van der Waals surface area contributed by atoms with Gasteiger partial charge in [0.1, 0.15) is 0 Å². The Hall–Kier alpha value is -0.710. The van der Waals surface area contributed by atoms with Crippen molar-refractivity contribution in [2.75, 3.05) is 11.5 Å². The van der Waals surface area contributed by atoms with Gasteiger partial charge in [-0.2, -0.15) is 0 Å². The second-order valence-corrected chi connectivity index (χ2v) is 7.65. The number of rotatable bonds is 0. The van der Waals surface area contributed by atoms with Crippen LogP contribution in [0.15, 0.2) is 38.0 Å². The minimum Gasteiger partial charge on any atom is -0.251 e. The van der Waals surface area contributed by atoms with Gasteiger partial charge in [-0.05, 0) is 50.0 Å². The first-order valence-electron chi connectivity index (χ1n) is 6.56. The molecule has 0 amide bonds. The van der Waals surface area contributed by atoms with E-state index in [1.54, 1.807) is 0 Å². The van der Waals surface area contributed by atoms with E-state index >= 15 is 0 Å². The normalized spacial score (nSPS) is 19.1. The van der Waals surface area contributed by atoms with Crippen molar-refractivity contribution in [3.63, 3.8) is 0 Å². The fourth-order valence-corrected chi connectivity index (χ4v) is 5.30. The summed E-state index contributed by atoms with van der Waals surface area (Å²) in [5.74, 6) is 2.37. The van der Waals surface area contributed by atoms with E-state index in [0.29, 0.717) is 5.02 Å². The number of aliphatic imine (C=N–C) groups is 2. The van der Waals surface area contributed by atoms with Crippen molar-refractivity contribution >= 4 is 57.9 Å². The maximum atomic E-state index is 6.06. The fraction of sp³-hybridized carbons (Fsp3) is 0.333. The quantitative estimate of drug-likeness (QED) is 0.619. The number of halogens is 1. The zero-order valence-corrected chi connectivity index (χ0v) is 13.8. The molecule has 0 saturated carbocycles. The molecule has 0 atom stereocenters. The third-order valence-electron chi connectivity index (χ3n) is 3.20. The number of hydrogen-bond donors (Lipinski definition) is 0. The van der Waals surface area contributed by atoms with Gasteiger partial charge in [0.2, 0.25) is 0 Å². The van der Waals surface area contributed by atoms with E-state index in [9.17, 15) is 0 Å². The molecular formula is C15H15ClN2S2. The van der Waals surface area contributed by atoms with Gasteiger partial charge < -0.3 is 0 Å². The van der Waals surface area contributed by atoms with Crippen molar-refractivity contribution in [3.05, 3.63) is 33.0 Å². The number of allylic oxidation sites excluding steroid dienone is 1. The Labute approximate surface area is 132 Å². The van der Waals surface area contributed by atoms with E-state index < -0.39 is 0 Å². The second-order valence-electron chi connectivity index (χ2n) is 4.74. The summed E-state index contributed by atoms with van der Waals surface area (Å²) < 4.78 is 1.36. The van der Waals surface area contributed by atoms with Crippen LogP contribution in [0.3, 0.4) is 0 Å². The number of thioether (sulfide) groups is 2. The van der Waals surface area contributed by atoms with Gasteiger partial charge in [0.15, 0.2) is 0 Å². The Morgan fingerprint density at radius 1 is 1.00 bits per heavy atom. The molecule has 0 unspecified atom stereocenters. The van der Waals surface area contributed by atoms with Crippen LogP contribution in [0, 0.1) is 0 Å². The summed E-state index contributed by atoms with van der Waals surface area (Å²) in [7, 11) is 0. The van der Waals surface area contributed by atoms with Gasteiger partial charge in [-0.25, -0.2) is 0 Å². The summed E-state index contributed by atoms with van der Waals surface area (Å²) in [6.45, 7) is 4.13. The van der Waals surface area contributed by atoms with E-state index in [2.05, 4.69) is 13.8 Å². The summed E-state index contributed by atoms with van der Waals surface area (Å²) in [5, 5.41) is 0.700. The first-order valence-corrected chi connectivity index (χ1v) is 8.91. The highest BCUT2D eigenvalue weighted by Gasteiger charge is 2.20. The predicted molar refractivity (Wildman–Crippen MR) is 93.5 cm³/mol. The van der Waals surface area contributed by atoms with Crippen molar-refractivity contribution < 1.29 is 0 Å². The number of fused-ring (bicyclic) bond motifs is 1. The Balaban J connectivity index is 2.14. The van der Waals surface area contributed by atoms with Crippen molar-refractivity contribution in [2.45, 2.75) is 20.3 Å². The lowest BCUT2D eigenvalue weighted by atomic mass is 10.1. The highest BCUT2D eigenvalue weighted by atomic mass is 35.5. The number of benzene rings is 1. The molecule has 5 heteroatoms. The third-order valence-corrected chi connectivity index (χ3v) is 6.06. The second kappa shape index (κ2) is 5.96. The van der Waals surface area contributed by atoms with E-state index in [1.165, 1.54) is 27.7 Å². The molecule has 2 nitrogen and oxygen atoms in total. The van der Waals surface area contributed by atoms with Gasteiger partial charge in [0.25, 0.3) is 0 Å². The first kappa shape index (κ1) is 14.2. The van der Waals surface area contributed by atoms with Crippen molar-refractivity contribution in [3.8, 4) is 0 Å². The molecule has 1 aromatic rings. The van der Waals surface area contributed by atoms with Crippen LogP contribution in [0.25, 0.3) is 0 Å². The maximum absolute atomic E-state index is 6.06. The smallest absolute Gasteiger partial charge is 0.0904 e. The molecule has 0 radical (unpaired) electrons. The molecule has 0 spiro atoms. The van der Waals surface area contributed by atoms with Crippen molar-refractivity contribution in [1.82, 2.24) is 0 Å². The minimum atomic E-state index is 0.700. The van der Waals surface area contributed by atoms with Crippen molar-refractivity contribution in [2.24, 2.45) is 9.98 Å². The molecule has 0 bridgehead atoms. The van der Waals surface area contributed by atoms with Crippen molar-refractivity contribution in [1.29, 1.82) is 0 Å². The summed E-state index contributed by atoms with van der Waals surface area (Å²) >= 11 is 9.91. The van der Waals surface area contributed by atoms with Crippen LogP contribution >= 0.6 is 35.1 Å². The molecule has 0 aromatic heterocycles. The van der Waals surface area contributed by atoms with Gasteiger partial charge in [-0.15, -0.1) is 23.5 Å². The van der Waals surface area contributed by atoms with Crippen LogP contribution < -0.4 is 0 Å². The van der Waals surface area contributed by atoms with Crippen LogP contribution in [0.5, 0.6) is 0 Å². The molecule has 2 heterocycles. The molecule has 2 aliphatic heterocycles. The fourth-order valence-electron chi connectivity index (χ4n) is 2.29. The lowest BCUT2D eigenvalue weighted by Gasteiger charge is -2.17. The van der Waals surface area contributed by atoms with E-state index in [1.807, 2.05) is 41.7 Å². The van der Waals surface area contributed by atoms with Crippen LogP contribution in [0.1, 0.15) is 20.3 Å². The zero-order chi connectivity index (χ0) is 14.1. The third kappa shape index (κ3) is 2.83. The van der Waals surface area contributed by atoms with Gasteiger partial charge >= 0.3 is 0 Å². The van der Waals surface area contributed by atoms with Gasteiger partial charge in [0, 0.05) is 22.0 Å². The Morgan fingerprint density at radius 2 is 1.65 bits per heavy atom. The predicted octanol–water partition coefficient (Wildman–Crippen LogP) is 5.62.